The number of carbonyl (C=O) groups is 1. The van der Waals surface area contributed by atoms with Crippen molar-refractivity contribution < 1.29 is 4.79 Å². The summed E-state index contributed by atoms with van der Waals surface area (Å²) >= 11 is 1.59. The number of rotatable bonds is 3. The second kappa shape index (κ2) is 7.65. The Morgan fingerprint density at radius 2 is 2.00 bits per heavy atom. The number of carbonyl (C=O) groups excluding carboxylic acids is 1. The summed E-state index contributed by atoms with van der Waals surface area (Å²) in [4.78, 5) is 34.5. The van der Waals surface area contributed by atoms with Crippen LogP contribution in [0.15, 0.2) is 17.2 Å². The number of fused-ring (bicyclic) bond motifs is 1. The monoisotopic (exact) mass is 427 g/mol. The SMILES string of the molecule is CCc1c(C)sc2ncn(C3CCN(C(=O)c4cc(C(C)(C)C)[nH]n4)CC3)c(=O)c12. The van der Waals surface area contributed by atoms with Gasteiger partial charge in [-0.25, -0.2) is 4.98 Å². The molecule has 1 saturated heterocycles. The summed E-state index contributed by atoms with van der Waals surface area (Å²) in [5.74, 6) is -0.0529. The molecule has 0 saturated carbocycles. The minimum absolute atomic E-state index is 0.0492. The lowest BCUT2D eigenvalue weighted by Gasteiger charge is -2.32. The van der Waals surface area contributed by atoms with Crippen LogP contribution in [0.2, 0.25) is 0 Å². The summed E-state index contributed by atoms with van der Waals surface area (Å²) in [5.41, 5.74) is 2.49. The minimum Gasteiger partial charge on any atom is -0.337 e. The van der Waals surface area contributed by atoms with Crippen molar-refractivity contribution in [1.82, 2.24) is 24.6 Å². The first-order valence-corrected chi connectivity index (χ1v) is 11.4. The number of amides is 1. The Balaban J connectivity index is 1.51. The molecule has 0 aliphatic carbocycles. The normalized spacial score (nSPS) is 15.8. The number of H-pyrrole nitrogens is 1. The summed E-state index contributed by atoms with van der Waals surface area (Å²) in [5, 5.41) is 7.98. The second-order valence-corrected chi connectivity index (χ2v) is 10.3. The van der Waals surface area contributed by atoms with Crippen LogP contribution in [0.3, 0.4) is 0 Å². The summed E-state index contributed by atoms with van der Waals surface area (Å²) in [7, 11) is 0. The zero-order valence-electron chi connectivity index (χ0n) is 18.3. The van der Waals surface area contributed by atoms with Gasteiger partial charge in [0.25, 0.3) is 11.5 Å². The number of aryl methyl sites for hydroxylation is 2. The molecule has 30 heavy (non-hydrogen) atoms. The van der Waals surface area contributed by atoms with Gasteiger partial charge in [-0.3, -0.25) is 19.3 Å². The zero-order valence-corrected chi connectivity index (χ0v) is 19.1. The van der Waals surface area contributed by atoms with Gasteiger partial charge in [0.05, 0.1) is 11.7 Å². The molecule has 4 rings (SSSR count). The molecule has 160 valence electrons. The minimum atomic E-state index is -0.0807. The highest BCUT2D eigenvalue weighted by molar-refractivity contribution is 7.18. The van der Waals surface area contributed by atoms with Crippen molar-refractivity contribution in [2.75, 3.05) is 13.1 Å². The van der Waals surface area contributed by atoms with Gasteiger partial charge >= 0.3 is 0 Å². The van der Waals surface area contributed by atoms with Crippen molar-refractivity contribution in [3.63, 3.8) is 0 Å². The van der Waals surface area contributed by atoms with Crippen LogP contribution in [0.1, 0.15) is 73.2 Å². The quantitative estimate of drug-likeness (QED) is 0.689. The molecule has 0 aromatic carbocycles. The van der Waals surface area contributed by atoms with Crippen LogP contribution in [0.5, 0.6) is 0 Å². The Hall–Kier alpha value is -2.48. The Morgan fingerprint density at radius 1 is 1.30 bits per heavy atom. The van der Waals surface area contributed by atoms with E-state index in [1.807, 2.05) is 11.0 Å². The highest BCUT2D eigenvalue weighted by Gasteiger charge is 2.28. The van der Waals surface area contributed by atoms with Gasteiger partial charge in [-0.05, 0) is 37.8 Å². The van der Waals surface area contributed by atoms with Gasteiger partial charge in [-0.2, -0.15) is 5.10 Å². The van der Waals surface area contributed by atoms with Crippen molar-refractivity contribution in [3.8, 4) is 0 Å². The molecule has 1 fully saturated rings. The molecule has 0 bridgehead atoms. The molecule has 0 unspecified atom stereocenters. The molecule has 0 atom stereocenters. The molecule has 0 spiro atoms. The predicted octanol–water partition coefficient (Wildman–Crippen LogP) is 3.83. The zero-order chi connectivity index (χ0) is 21.6. The van der Waals surface area contributed by atoms with E-state index in [1.165, 1.54) is 4.88 Å². The summed E-state index contributed by atoms with van der Waals surface area (Å²) in [6.07, 6.45) is 3.99. The van der Waals surface area contributed by atoms with Crippen LogP contribution in [0.25, 0.3) is 10.2 Å². The Morgan fingerprint density at radius 3 is 2.60 bits per heavy atom. The first kappa shape index (κ1) is 20.8. The third-order valence-electron chi connectivity index (χ3n) is 6.04. The smallest absolute Gasteiger partial charge is 0.274 e. The number of aromatic amines is 1. The second-order valence-electron chi connectivity index (χ2n) is 9.07. The van der Waals surface area contributed by atoms with Crippen LogP contribution < -0.4 is 5.56 Å². The lowest BCUT2D eigenvalue weighted by Crippen LogP contribution is -2.41. The molecule has 8 heteroatoms. The van der Waals surface area contributed by atoms with E-state index in [4.69, 9.17) is 0 Å². The molecule has 1 aliphatic heterocycles. The highest BCUT2D eigenvalue weighted by Crippen LogP contribution is 2.29. The first-order chi connectivity index (χ1) is 14.2. The number of thiophene rings is 1. The number of nitrogens with one attached hydrogen (secondary N) is 1. The molecule has 3 aromatic heterocycles. The van der Waals surface area contributed by atoms with Crippen LogP contribution in [0.4, 0.5) is 0 Å². The number of hydrogen-bond donors (Lipinski definition) is 1. The molecule has 3 aromatic rings. The summed E-state index contributed by atoms with van der Waals surface area (Å²) in [6, 6.07) is 1.91. The third-order valence-corrected chi connectivity index (χ3v) is 7.10. The number of aromatic nitrogens is 4. The van der Waals surface area contributed by atoms with Crippen molar-refractivity contribution >= 4 is 27.5 Å². The molecular formula is C22H29N5O2S. The Kier molecular flexibility index (Phi) is 5.30. The van der Waals surface area contributed by atoms with E-state index in [-0.39, 0.29) is 22.9 Å². The van der Waals surface area contributed by atoms with Crippen LogP contribution in [-0.2, 0) is 11.8 Å². The first-order valence-electron chi connectivity index (χ1n) is 10.5. The topological polar surface area (TPSA) is 83.9 Å². The lowest BCUT2D eigenvalue weighted by molar-refractivity contribution is 0.0687. The van der Waals surface area contributed by atoms with Gasteiger partial charge in [-0.1, -0.05) is 27.7 Å². The van der Waals surface area contributed by atoms with E-state index in [2.05, 4.69) is 49.8 Å². The molecule has 0 radical (unpaired) electrons. The van der Waals surface area contributed by atoms with E-state index >= 15 is 0 Å². The molecule has 1 aliphatic rings. The Bertz CT molecular complexity index is 1140. The fourth-order valence-corrected chi connectivity index (χ4v) is 5.25. The van der Waals surface area contributed by atoms with E-state index in [1.54, 1.807) is 22.2 Å². The van der Waals surface area contributed by atoms with Gasteiger partial charge < -0.3 is 4.90 Å². The molecule has 7 nitrogen and oxygen atoms in total. The van der Waals surface area contributed by atoms with E-state index in [0.717, 1.165) is 40.7 Å². The largest absolute Gasteiger partial charge is 0.337 e. The Labute approximate surface area is 180 Å². The van der Waals surface area contributed by atoms with Crippen LogP contribution in [-0.4, -0.2) is 43.6 Å². The van der Waals surface area contributed by atoms with Crippen molar-refractivity contribution in [3.05, 3.63) is 44.6 Å². The lowest BCUT2D eigenvalue weighted by atomic mass is 9.92. The van der Waals surface area contributed by atoms with Crippen LogP contribution >= 0.6 is 11.3 Å². The summed E-state index contributed by atoms with van der Waals surface area (Å²) in [6.45, 7) is 11.6. The van der Waals surface area contributed by atoms with E-state index in [0.29, 0.717) is 18.8 Å². The average Bonchev–Trinajstić information content (AvgIpc) is 3.32. The highest BCUT2D eigenvalue weighted by atomic mass is 32.1. The van der Waals surface area contributed by atoms with E-state index in [9.17, 15) is 9.59 Å². The standard InChI is InChI=1S/C22H29N5O2S/c1-6-15-13(2)30-19-18(15)21(29)27(12-23-19)14-7-9-26(10-8-14)20(28)16-11-17(25-24-16)22(3,4)5/h11-12,14H,6-10H2,1-5H3,(H,24,25). The number of piperidine rings is 1. The fraction of sp³-hybridized carbons (Fsp3) is 0.545. The van der Waals surface area contributed by atoms with E-state index < -0.39 is 0 Å². The van der Waals surface area contributed by atoms with Gasteiger partial charge in [0.15, 0.2) is 0 Å². The maximum atomic E-state index is 13.2. The molecular weight excluding hydrogens is 398 g/mol. The number of hydrogen-bond acceptors (Lipinski definition) is 5. The fourth-order valence-electron chi connectivity index (χ4n) is 4.18. The number of likely N-dealkylation sites (tertiary alicyclic amines) is 1. The molecule has 4 heterocycles. The van der Waals surface area contributed by atoms with Crippen molar-refractivity contribution in [2.24, 2.45) is 0 Å². The van der Waals surface area contributed by atoms with Crippen molar-refractivity contribution in [2.45, 2.75) is 65.3 Å². The average molecular weight is 428 g/mol. The maximum absolute atomic E-state index is 13.2. The van der Waals surface area contributed by atoms with Gasteiger partial charge in [0.2, 0.25) is 0 Å². The predicted molar refractivity (Wildman–Crippen MR) is 119 cm³/mol. The maximum Gasteiger partial charge on any atom is 0.274 e. The van der Waals surface area contributed by atoms with Gasteiger partial charge in [0, 0.05) is 35.1 Å². The van der Waals surface area contributed by atoms with Gasteiger partial charge in [0.1, 0.15) is 10.5 Å². The molecule has 1 N–H and O–H groups in total. The third kappa shape index (κ3) is 3.57. The van der Waals surface area contributed by atoms with Crippen molar-refractivity contribution in [1.29, 1.82) is 0 Å². The molecule has 1 amide bonds. The van der Waals surface area contributed by atoms with Crippen LogP contribution in [0, 0.1) is 6.92 Å². The number of nitrogens with zero attached hydrogens (tertiary/aromatic N) is 4. The van der Waals surface area contributed by atoms with Gasteiger partial charge in [-0.15, -0.1) is 11.3 Å². The summed E-state index contributed by atoms with van der Waals surface area (Å²) < 4.78 is 1.78.